The van der Waals surface area contributed by atoms with Crippen LogP contribution in [-0.2, 0) is 12.7 Å². The van der Waals surface area contributed by atoms with Gasteiger partial charge < -0.3 is 10.2 Å². The van der Waals surface area contributed by atoms with Crippen molar-refractivity contribution in [2.24, 2.45) is 5.73 Å². The van der Waals surface area contributed by atoms with Gasteiger partial charge in [0, 0.05) is 12.6 Å². The molecular weight excluding hydrogens is 225 g/mol. The molecule has 0 unspecified atom stereocenters. The van der Waals surface area contributed by atoms with Gasteiger partial charge in [0.25, 0.3) is 0 Å². The second-order valence-corrected chi connectivity index (χ2v) is 3.01. The Morgan fingerprint density at radius 1 is 1.44 bits per heavy atom. The number of nitrogens with zero attached hydrogens (tertiary/aromatic N) is 2. The number of hydrogen-bond acceptors (Lipinski definition) is 4. The van der Waals surface area contributed by atoms with E-state index in [2.05, 4.69) is 10.1 Å². The number of alkyl halides is 3. The summed E-state index contributed by atoms with van der Waals surface area (Å²) < 4.78 is 41.7. The van der Waals surface area contributed by atoms with Gasteiger partial charge in [-0.25, -0.2) is 4.98 Å². The lowest BCUT2D eigenvalue weighted by Gasteiger charge is -1.99. The Bertz CT molecular complexity index is 487. The molecule has 86 valence electrons. The molecule has 0 aliphatic carbocycles. The maximum absolute atomic E-state index is 12.2. The third-order valence-corrected chi connectivity index (χ3v) is 1.86. The van der Waals surface area contributed by atoms with Crippen molar-refractivity contribution in [3.8, 4) is 11.6 Å². The van der Waals surface area contributed by atoms with Crippen LogP contribution in [0.1, 0.15) is 11.4 Å². The van der Waals surface area contributed by atoms with Crippen LogP contribution in [0.15, 0.2) is 16.7 Å². The summed E-state index contributed by atoms with van der Waals surface area (Å²) in [4.78, 5) is 3.85. The molecule has 0 atom stereocenters. The molecule has 0 aliphatic heterocycles. The molecule has 0 spiro atoms. The predicted octanol–water partition coefficient (Wildman–Crippen LogP) is 1.54. The summed E-state index contributed by atoms with van der Waals surface area (Å²) in [5.74, 6) is 0.00667. The molecule has 3 N–H and O–H groups in total. The molecule has 0 aromatic carbocycles. The van der Waals surface area contributed by atoms with Gasteiger partial charge >= 0.3 is 6.18 Å². The van der Waals surface area contributed by atoms with Gasteiger partial charge in [-0.1, -0.05) is 0 Å². The van der Waals surface area contributed by atoms with Crippen molar-refractivity contribution in [3.63, 3.8) is 0 Å². The Morgan fingerprint density at radius 3 is 2.69 bits per heavy atom. The zero-order valence-electron chi connectivity index (χ0n) is 7.88. The predicted molar refractivity (Wildman–Crippen MR) is 47.0 cm³/mol. The van der Waals surface area contributed by atoms with Gasteiger partial charge in [0.15, 0.2) is 0 Å². The number of H-pyrrole nitrogens is 1. The lowest BCUT2D eigenvalue weighted by atomic mass is 10.3. The van der Waals surface area contributed by atoms with E-state index in [1.54, 1.807) is 0 Å². The van der Waals surface area contributed by atoms with E-state index in [0.29, 0.717) is 5.69 Å². The molecule has 0 amide bonds. The van der Waals surface area contributed by atoms with Gasteiger partial charge in [-0.2, -0.15) is 18.3 Å². The molecule has 2 aromatic rings. The molecule has 2 rings (SSSR count). The van der Waals surface area contributed by atoms with Crippen molar-refractivity contribution in [1.82, 2.24) is 15.2 Å². The van der Waals surface area contributed by atoms with E-state index in [0.717, 1.165) is 6.07 Å². The number of nitrogens with two attached hydrogens (primary N) is 1. The van der Waals surface area contributed by atoms with Crippen molar-refractivity contribution in [3.05, 3.63) is 23.7 Å². The fraction of sp³-hybridized carbons (Fsp3) is 0.250. The Balaban J connectivity index is 2.31. The molecule has 0 fully saturated rings. The number of aromatic nitrogens is 3. The van der Waals surface area contributed by atoms with E-state index in [-0.39, 0.29) is 18.1 Å². The quantitative estimate of drug-likeness (QED) is 0.822. The van der Waals surface area contributed by atoms with Crippen molar-refractivity contribution in [2.75, 3.05) is 0 Å². The molecular formula is C8H7F3N4O. The fourth-order valence-electron chi connectivity index (χ4n) is 1.09. The molecule has 16 heavy (non-hydrogen) atoms. The Morgan fingerprint density at radius 2 is 2.19 bits per heavy atom. The summed E-state index contributed by atoms with van der Waals surface area (Å²) in [7, 11) is 0. The van der Waals surface area contributed by atoms with E-state index in [1.807, 2.05) is 5.10 Å². The zero-order valence-corrected chi connectivity index (χ0v) is 7.88. The lowest BCUT2D eigenvalue weighted by molar-refractivity contribution is -0.141. The van der Waals surface area contributed by atoms with Gasteiger partial charge in [0.2, 0.25) is 5.89 Å². The number of halogens is 3. The van der Waals surface area contributed by atoms with Gasteiger partial charge in [-0.3, -0.25) is 5.10 Å². The van der Waals surface area contributed by atoms with Crippen LogP contribution in [0.25, 0.3) is 11.6 Å². The maximum Gasteiger partial charge on any atom is 0.432 e. The Hall–Kier alpha value is -1.83. The minimum atomic E-state index is -4.46. The van der Waals surface area contributed by atoms with Crippen LogP contribution in [0.3, 0.4) is 0 Å². The van der Waals surface area contributed by atoms with E-state index in [1.165, 1.54) is 6.26 Å². The topological polar surface area (TPSA) is 80.7 Å². The van der Waals surface area contributed by atoms with Gasteiger partial charge in [-0.05, 0) is 0 Å². The van der Waals surface area contributed by atoms with Crippen molar-refractivity contribution < 1.29 is 17.6 Å². The molecule has 0 saturated carbocycles. The average molecular weight is 232 g/mol. The molecule has 5 nitrogen and oxygen atoms in total. The monoisotopic (exact) mass is 232 g/mol. The minimum Gasteiger partial charge on any atom is -0.443 e. The second kappa shape index (κ2) is 3.63. The highest BCUT2D eigenvalue weighted by atomic mass is 19.4. The van der Waals surface area contributed by atoms with Gasteiger partial charge in [-0.15, -0.1) is 0 Å². The van der Waals surface area contributed by atoms with E-state index in [9.17, 15) is 13.2 Å². The summed E-state index contributed by atoms with van der Waals surface area (Å²) in [5.41, 5.74) is 4.78. The van der Waals surface area contributed by atoms with Crippen LogP contribution in [0.2, 0.25) is 0 Å². The van der Waals surface area contributed by atoms with Crippen LogP contribution < -0.4 is 5.73 Å². The Kier molecular flexibility index (Phi) is 2.43. The zero-order chi connectivity index (χ0) is 11.8. The largest absolute Gasteiger partial charge is 0.443 e. The molecule has 0 radical (unpaired) electrons. The van der Waals surface area contributed by atoms with Crippen LogP contribution >= 0.6 is 0 Å². The summed E-state index contributed by atoms with van der Waals surface area (Å²) in [5, 5.41) is 5.32. The number of nitrogens with one attached hydrogen (secondary N) is 1. The third kappa shape index (κ3) is 1.91. The number of rotatable bonds is 2. The lowest BCUT2D eigenvalue weighted by Crippen LogP contribution is -2.04. The average Bonchev–Trinajstić information content (AvgIpc) is 2.85. The van der Waals surface area contributed by atoms with E-state index >= 15 is 0 Å². The van der Waals surface area contributed by atoms with Crippen molar-refractivity contribution in [1.29, 1.82) is 0 Å². The van der Waals surface area contributed by atoms with Gasteiger partial charge in [0.1, 0.15) is 17.7 Å². The summed E-state index contributed by atoms with van der Waals surface area (Å²) >= 11 is 0. The van der Waals surface area contributed by atoms with Gasteiger partial charge in [0.05, 0.1) is 5.69 Å². The third-order valence-electron chi connectivity index (χ3n) is 1.86. The van der Waals surface area contributed by atoms with Crippen molar-refractivity contribution >= 4 is 0 Å². The first-order chi connectivity index (χ1) is 7.50. The van der Waals surface area contributed by atoms with E-state index < -0.39 is 11.9 Å². The molecule has 0 bridgehead atoms. The standard InChI is InChI=1S/C8H7F3N4O/c9-8(10,11)6-1-5(14-15-6)7-13-4(2-12)3-16-7/h1,3H,2,12H2,(H,14,15). The van der Waals surface area contributed by atoms with Crippen molar-refractivity contribution in [2.45, 2.75) is 12.7 Å². The summed E-state index contributed by atoms with van der Waals surface area (Å²) in [6, 6.07) is 0.826. The molecule has 8 heteroatoms. The smallest absolute Gasteiger partial charge is 0.432 e. The number of hydrogen-bond donors (Lipinski definition) is 2. The van der Waals surface area contributed by atoms with Crippen LogP contribution in [0, 0.1) is 0 Å². The second-order valence-electron chi connectivity index (χ2n) is 3.01. The molecule has 2 heterocycles. The normalized spacial score (nSPS) is 12.0. The summed E-state index contributed by atoms with van der Waals surface area (Å²) in [6.07, 6.45) is -3.19. The minimum absolute atomic E-state index is 0.00667. The SMILES string of the molecule is NCc1coc(-c2cc(C(F)(F)F)[nH]n2)n1. The summed E-state index contributed by atoms with van der Waals surface area (Å²) in [6.45, 7) is 0.153. The fourth-order valence-corrected chi connectivity index (χ4v) is 1.09. The highest BCUT2D eigenvalue weighted by Crippen LogP contribution is 2.29. The molecule has 0 aliphatic rings. The van der Waals surface area contributed by atoms with Crippen LogP contribution in [-0.4, -0.2) is 15.2 Å². The number of oxazole rings is 1. The van der Waals surface area contributed by atoms with Crippen LogP contribution in [0.4, 0.5) is 13.2 Å². The molecule has 0 saturated heterocycles. The first-order valence-electron chi connectivity index (χ1n) is 4.28. The highest BCUT2D eigenvalue weighted by molar-refractivity contribution is 5.47. The highest BCUT2D eigenvalue weighted by Gasteiger charge is 2.33. The Labute approximate surface area is 87.5 Å². The van der Waals surface area contributed by atoms with E-state index in [4.69, 9.17) is 10.2 Å². The number of aromatic amines is 1. The first-order valence-corrected chi connectivity index (χ1v) is 4.28. The first kappa shape index (κ1) is 10.7. The molecule has 2 aromatic heterocycles. The maximum atomic E-state index is 12.2. The van der Waals surface area contributed by atoms with Crippen LogP contribution in [0.5, 0.6) is 0 Å².